The highest BCUT2D eigenvalue weighted by Gasteiger charge is 2.37. The van der Waals surface area contributed by atoms with E-state index < -0.39 is 17.8 Å². The molecule has 2 N–H and O–H groups in total. The number of ether oxygens (including phenoxy) is 2. The summed E-state index contributed by atoms with van der Waals surface area (Å²) in [6, 6.07) is 17.1. The minimum Gasteiger partial charge on any atom is -0.497 e. The van der Waals surface area contributed by atoms with Crippen molar-refractivity contribution in [1.82, 2.24) is 10.2 Å². The van der Waals surface area contributed by atoms with E-state index in [0.717, 1.165) is 11.3 Å². The normalized spacial score (nSPS) is 13.9. The summed E-state index contributed by atoms with van der Waals surface area (Å²) >= 11 is 5.90. The fourth-order valence-corrected chi connectivity index (χ4v) is 4.43. The van der Waals surface area contributed by atoms with Crippen LogP contribution >= 0.6 is 11.6 Å². The molecule has 1 aliphatic heterocycles. The number of nitrogens with zero attached hydrogens (tertiary/aromatic N) is 1. The number of anilines is 1. The van der Waals surface area contributed by atoms with Crippen molar-refractivity contribution in [3.63, 3.8) is 0 Å². The highest BCUT2D eigenvalue weighted by atomic mass is 35.5. The van der Waals surface area contributed by atoms with E-state index in [-0.39, 0.29) is 29.4 Å². The molecule has 1 aromatic heterocycles. The summed E-state index contributed by atoms with van der Waals surface area (Å²) in [7, 11) is 2.84. The van der Waals surface area contributed by atoms with E-state index in [4.69, 9.17) is 25.5 Å². The maximum absolute atomic E-state index is 13.4. The first-order valence-corrected chi connectivity index (χ1v) is 13.0. The van der Waals surface area contributed by atoms with Crippen molar-refractivity contribution in [3.05, 3.63) is 99.6 Å². The summed E-state index contributed by atoms with van der Waals surface area (Å²) in [5, 5.41) is 5.35. The molecule has 212 valence electrons. The van der Waals surface area contributed by atoms with Crippen molar-refractivity contribution < 1.29 is 33.1 Å². The summed E-state index contributed by atoms with van der Waals surface area (Å²) in [6.45, 7) is 1.96. The topological polar surface area (TPSA) is 127 Å². The molecular weight excluding hydrogens is 550 g/mol. The maximum Gasteiger partial charge on any atom is 0.340 e. The van der Waals surface area contributed by atoms with Crippen LogP contribution in [0.1, 0.15) is 24.0 Å². The first-order valence-electron chi connectivity index (χ1n) is 12.6. The molecular formula is C30H28ClN3O7. The number of amides is 3. The zero-order valence-corrected chi connectivity index (χ0v) is 23.4. The third-order valence-corrected chi connectivity index (χ3v) is 6.60. The molecule has 0 fully saturated rings. The summed E-state index contributed by atoms with van der Waals surface area (Å²) in [4.78, 5) is 51.9. The number of rotatable bonds is 9. The lowest BCUT2D eigenvalue weighted by Crippen LogP contribution is -2.34. The molecule has 0 aliphatic carbocycles. The van der Waals surface area contributed by atoms with Gasteiger partial charge in [0.2, 0.25) is 0 Å². The Labute approximate surface area is 241 Å². The average Bonchev–Trinajstić information content (AvgIpc) is 3.51. The van der Waals surface area contributed by atoms with E-state index in [1.165, 1.54) is 24.2 Å². The molecule has 4 rings (SSSR count). The second-order valence-electron chi connectivity index (χ2n) is 9.02. The largest absolute Gasteiger partial charge is 0.497 e. The van der Waals surface area contributed by atoms with E-state index >= 15 is 0 Å². The smallest absolute Gasteiger partial charge is 0.340 e. The zero-order valence-electron chi connectivity index (χ0n) is 22.7. The predicted molar refractivity (Wildman–Crippen MR) is 152 cm³/mol. The van der Waals surface area contributed by atoms with Crippen molar-refractivity contribution >= 4 is 47.1 Å². The predicted octanol–water partition coefficient (Wildman–Crippen LogP) is 4.11. The van der Waals surface area contributed by atoms with Crippen LogP contribution in [0.2, 0.25) is 5.02 Å². The minimum absolute atomic E-state index is 0.0777. The monoisotopic (exact) mass is 577 g/mol. The van der Waals surface area contributed by atoms with Crippen LogP contribution in [0, 0.1) is 0 Å². The molecule has 0 unspecified atom stereocenters. The Kier molecular flexibility index (Phi) is 9.26. The number of methoxy groups -OCH3 is 2. The zero-order chi connectivity index (χ0) is 29.5. The summed E-state index contributed by atoms with van der Waals surface area (Å²) < 4.78 is 15.9. The number of carbonyl (C=O) groups excluding carboxylic acids is 4. The molecule has 0 saturated carbocycles. The number of halogens is 1. The molecule has 3 aromatic rings. The van der Waals surface area contributed by atoms with Crippen LogP contribution in [0.15, 0.2) is 81.9 Å². The molecule has 2 aromatic carbocycles. The second-order valence-corrected chi connectivity index (χ2v) is 9.45. The van der Waals surface area contributed by atoms with Crippen LogP contribution in [0.25, 0.3) is 6.08 Å². The van der Waals surface area contributed by atoms with Gasteiger partial charge in [0.15, 0.2) is 0 Å². The van der Waals surface area contributed by atoms with Gasteiger partial charge in [0.05, 0.1) is 31.9 Å². The Morgan fingerprint density at radius 2 is 1.78 bits per heavy atom. The number of allylic oxidation sites excluding steroid dienone is 1. The Morgan fingerprint density at radius 3 is 2.46 bits per heavy atom. The van der Waals surface area contributed by atoms with Crippen molar-refractivity contribution in [2.45, 2.75) is 19.9 Å². The first-order chi connectivity index (χ1) is 19.7. The molecule has 11 heteroatoms. The van der Waals surface area contributed by atoms with E-state index in [2.05, 4.69) is 10.6 Å². The molecule has 0 spiro atoms. The fraction of sp³-hybridized carbons (Fsp3) is 0.200. The number of furan rings is 1. The Bertz CT molecular complexity index is 1540. The van der Waals surface area contributed by atoms with Crippen molar-refractivity contribution in [2.24, 2.45) is 0 Å². The third-order valence-electron chi connectivity index (χ3n) is 6.37. The van der Waals surface area contributed by atoms with Crippen LogP contribution in [0.5, 0.6) is 5.75 Å². The summed E-state index contributed by atoms with van der Waals surface area (Å²) in [5.74, 6) is -1.38. The SMILES string of the molecule is COC(=O)C1=C(C)N(CCc2ccc(OC)cc2)C(=O)/C1=C/c1ccc(CNC(=O)C(=O)Nc2cccc(Cl)c2)o1. The molecule has 0 atom stereocenters. The van der Waals surface area contributed by atoms with Gasteiger partial charge in [-0.25, -0.2) is 4.79 Å². The van der Waals surface area contributed by atoms with E-state index in [0.29, 0.717) is 35.1 Å². The summed E-state index contributed by atoms with van der Waals surface area (Å²) in [5.41, 5.74) is 2.15. The standard InChI is InChI=1S/C30H28ClN3O7/c1-18-26(30(38)40-3)25(29(37)34(18)14-13-19-7-9-22(39-2)10-8-19)16-23-11-12-24(41-23)17-32-27(35)28(36)33-21-6-4-5-20(31)15-21/h4-12,15-16H,13-14,17H2,1-3H3,(H,32,35)(H,33,36)/b25-16+. The van der Waals surface area contributed by atoms with Crippen molar-refractivity contribution in [2.75, 3.05) is 26.1 Å². The third kappa shape index (κ3) is 7.03. The number of carbonyl (C=O) groups is 4. The van der Waals surface area contributed by atoms with Crippen molar-refractivity contribution in [1.29, 1.82) is 0 Å². The van der Waals surface area contributed by atoms with Gasteiger partial charge in [0.1, 0.15) is 17.3 Å². The van der Waals surface area contributed by atoms with Crippen LogP contribution in [0.3, 0.4) is 0 Å². The number of benzene rings is 2. The van der Waals surface area contributed by atoms with Gasteiger partial charge in [-0.05, 0) is 67.4 Å². The molecule has 2 heterocycles. The first kappa shape index (κ1) is 29.2. The van der Waals surface area contributed by atoms with Gasteiger partial charge in [-0.2, -0.15) is 0 Å². The molecule has 0 bridgehead atoms. The van der Waals surface area contributed by atoms with Gasteiger partial charge in [-0.3, -0.25) is 14.4 Å². The van der Waals surface area contributed by atoms with Crippen LogP contribution in [-0.2, 0) is 36.9 Å². The quantitative estimate of drug-likeness (QED) is 0.222. The molecule has 41 heavy (non-hydrogen) atoms. The van der Waals surface area contributed by atoms with Crippen LogP contribution in [0.4, 0.5) is 5.69 Å². The summed E-state index contributed by atoms with van der Waals surface area (Å²) in [6.07, 6.45) is 2.02. The number of hydrogen-bond donors (Lipinski definition) is 2. The molecule has 10 nitrogen and oxygen atoms in total. The van der Waals surface area contributed by atoms with E-state index in [9.17, 15) is 19.2 Å². The van der Waals surface area contributed by atoms with E-state index in [1.807, 2.05) is 24.3 Å². The number of hydrogen-bond acceptors (Lipinski definition) is 7. The molecule has 1 aliphatic rings. The van der Waals surface area contributed by atoms with Crippen molar-refractivity contribution in [3.8, 4) is 5.75 Å². The van der Waals surface area contributed by atoms with Gasteiger partial charge in [-0.1, -0.05) is 29.8 Å². The van der Waals surface area contributed by atoms with Crippen LogP contribution < -0.4 is 15.4 Å². The lowest BCUT2D eigenvalue weighted by Gasteiger charge is -2.17. The van der Waals surface area contributed by atoms with Crippen LogP contribution in [-0.4, -0.2) is 49.4 Å². The van der Waals surface area contributed by atoms with Gasteiger partial charge >= 0.3 is 17.8 Å². The van der Waals surface area contributed by atoms with Gasteiger partial charge in [-0.15, -0.1) is 0 Å². The van der Waals surface area contributed by atoms with Gasteiger partial charge in [0.25, 0.3) is 5.91 Å². The highest BCUT2D eigenvalue weighted by Crippen LogP contribution is 2.32. The molecule has 3 amide bonds. The van der Waals surface area contributed by atoms with Gasteiger partial charge < -0.3 is 29.4 Å². The molecule has 0 radical (unpaired) electrons. The van der Waals surface area contributed by atoms with Gasteiger partial charge in [0, 0.05) is 23.0 Å². The maximum atomic E-state index is 13.4. The fourth-order valence-electron chi connectivity index (χ4n) is 4.24. The molecule has 0 saturated heterocycles. The van der Waals surface area contributed by atoms with E-state index in [1.54, 1.807) is 44.4 Å². The Hall–Kier alpha value is -4.83. The number of esters is 1. The Morgan fingerprint density at radius 1 is 1.02 bits per heavy atom. The minimum atomic E-state index is -0.869. The second kappa shape index (κ2) is 13.0. The lowest BCUT2D eigenvalue weighted by atomic mass is 10.1. The lowest BCUT2D eigenvalue weighted by molar-refractivity contribution is -0.136. The highest BCUT2D eigenvalue weighted by molar-refractivity contribution is 6.39. The number of nitrogens with one attached hydrogen (secondary N) is 2. The average molecular weight is 578 g/mol. The Balaban J connectivity index is 1.43.